The highest BCUT2D eigenvalue weighted by Gasteiger charge is 2.48. The molecule has 0 aromatic heterocycles. The van der Waals surface area contributed by atoms with Crippen LogP contribution in [0.15, 0.2) is 42.1 Å². The molecule has 6 nitrogen and oxygen atoms in total. The number of rotatable bonds is 2. The van der Waals surface area contributed by atoms with Crippen LogP contribution in [0.1, 0.15) is 37.3 Å². The van der Waals surface area contributed by atoms with Gasteiger partial charge in [-0.15, -0.1) is 0 Å². The fourth-order valence-electron chi connectivity index (χ4n) is 5.02. The lowest BCUT2D eigenvalue weighted by Crippen LogP contribution is -2.54. The fraction of sp³-hybridized carbons (Fsp3) is 0.550. The second-order valence-corrected chi connectivity index (χ2v) is 7.89. The summed E-state index contributed by atoms with van der Waals surface area (Å²) in [5.74, 6) is 0.916. The average Bonchev–Trinajstić information content (AvgIpc) is 3.06. The van der Waals surface area contributed by atoms with Crippen molar-refractivity contribution in [1.82, 2.24) is 26.4 Å². The first-order valence-electron chi connectivity index (χ1n) is 9.89. The average molecular weight is 353 g/mol. The van der Waals surface area contributed by atoms with Gasteiger partial charge in [0.2, 0.25) is 5.91 Å². The van der Waals surface area contributed by atoms with Gasteiger partial charge in [0.05, 0.1) is 6.17 Å². The summed E-state index contributed by atoms with van der Waals surface area (Å²) < 4.78 is 0. The van der Waals surface area contributed by atoms with Gasteiger partial charge >= 0.3 is 0 Å². The van der Waals surface area contributed by atoms with Crippen LogP contribution in [0.3, 0.4) is 0 Å². The van der Waals surface area contributed by atoms with Crippen LogP contribution in [0, 0.1) is 11.8 Å². The topological polar surface area (TPSA) is 68.4 Å². The number of hydrogen-bond donors (Lipinski definition) is 4. The van der Waals surface area contributed by atoms with E-state index in [1.165, 1.54) is 11.3 Å². The second-order valence-electron chi connectivity index (χ2n) is 7.89. The number of carbonyl (C=O) groups is 1. The summed E-state index contributed by atoms with van der Waals surface area (Å²) in [4.78, 5) is 12.3. The molecule has 3 saturated heterocycles. The molecular formula is C20H27N5O. The Morgan fingerprint density at radius 3 is 2.62 bits per heavy atom. The molecule has 0 spiro atoms. The van der Waals surface area contributed by atoms with E-state index in [9.17, 15) is 4.79 Å². The lowest BCUT2D eigenvalue weighted by molar-refractivity contribution is -0.120. The molecule has 6 heteroatoms. The first-order chi connectivity index (χ1) is 12.8. The van der Waals surface area contributed by atoms with E-state index in [1.807, 2.05) is 6.08 Å². The van der Waals surface area contributed by atoms with Crippen molar-refractivity contribution in [3.63, 3.8) is 0 Å². The number of piperidine rings is 2. The highest BCUT2D eigenvalue weighted by Crippen LogP contribution is 2.38. The zero-order chi connectivity index (χ0) is 17.5. The minimum atomic E-state index is 0.0617. The van der Waals surface area contributed by atoms with Gasteiger partial charge < -0.3 is 10.6 Å². The van der Waals surface area contributed by atoms with Crippen molar-refractivity contribution in [3.05, 3.63) is 47.7 Å². The molecule has 5 rings (SSSR count). The largest absolute Gasteiger partial charge is 0.331 e. The molecule has 0 bridgehead atoms. The molecule has 0 aliphatic carbocycles. The summed E-state index contributed by atoms with van der Waals surface area (Å²) in [6.45, 7) is 2.06. The Hall–Kier alpha value is -1.89. The van der Waals surface area contributed by atoms with Crippen LogP contribution in [-0.2, 0) is 4.79 Å². The highest BCUT2D eigenvalue weighted by atomic mass is 16.2. The molecule has 4 aliphatic heterocycles. The van der Waals surface area contributed by atoms with Crippen LogP contribution >= 0.6 is 0 Å². The summed E-state index contributed by atoms with van der Waals surface area (Å²) in [6, 6.07) is 11.0. The Morgan fingerprint density at radius 2 is 1.81 bits per heavy atom. The molecule has 4 N–H and O–H groups in total. The van der Waals surface area contributed by atoms with Crippen molar-refractivity contribution in [1.29, 1.82) is 0 Å². The maximum atomic E-state index is 12.3. The first-order valence-corrected chi connectivity index (χ1v) is 9.89. The van der Waals surface area contributed by atoms with Crippen LogP contribution in [0.4, 0.5) is 0 Å². The van der Waals surface area contributed by atoms with E-state index < -0.39 is 0 Å². The maximum absolute atomic E-state index is 12.3. The van der Waals surface area contributed by atoms with Crippen molar-refractivity contribution in [3.8, 4) is 0 Å². The van der Waals surface area contributed by atoms with E-state index in [2.05, 4.69) is 56.7 Å². The van der Waals surface area contributed by atoms with E-state index in [0.717, 1.165) is 38.8 Å². The Kier molecular flexibility index (Phi) is 4.19. The minimum Gasteiger partial charge on any atom is -0.331 e. The Bertz CT molecular complexity index is 699. The van der Waals surface area contributed by atoms with Crippen molar-refractivity contribution < 1.29 is 4.79 Å². The van der Waals surface area contributed by atoms with E-state index in [4.69, 9.17) is 0 Å². The molecule has 1 aromatic carbocycles. The molecule has 0 radical (unpaired) electrons. The molecule has 138 valence electrons. The van der Waals surface area contributed by atoms with Gasteiger partial charge in [-0.25, -0.2) is 5.43 Å². The smallest absolute Gasteiger partial charge is 0.247 e. The van der Waals surface area contributed by atoms with Crippen molar-refractivity contribution in [2.45, 2.75) is 44.1 Å². The molecule has 26 heavy (non-hydrogen) atoms. The molecule has 4 aliphatic rings. The quantitative estimate of drug-likeness (QED) is 0.644. The van der Waals surface area contributed by atoms with Crippen molar-refractivity contribution in [2.24, 2.45) is 11.8 Å². The normalized spacial score (nSPS) is 34.7. The van der Waals surface area contributed by atoms with Crippen LogP contribution in [0.5, 0.6) is 0 Å². The highest BCUT2D eigenvalue weighted by molar-refractivity contribution is 5.89. The predicted molar refractivity (Wildman–Crippen MR) is 99.4 cm³/mol. The zero-order valence-corrected chi connectivity index (χ0v) is 14.9. The fourth-order valence-corrected chi connectivity index (χ4v) is 5.02. The Morgan fingerprint density at radius 1 is 1.00 bits per heavy atom. The molecule has 4 heterocycles. The van der Waals surface area contributed by atoms with Gasteiger partial charge in [0.15, 0.2) is 0 Å². The summed E-state index contributed by atoms with van der Waals surface area (Å²) in [7, 11) is 0. The third-order valence-corrected chi connectivity index (χ3v) is 6.37. The van der Waals surface area contributed by atoms with Gasteiger partial charge in [-0.1, -0.05) is 30.3 Å². The number of allylic oxidation sites excluding steroid dienone is 1. The molecule has 4 atom stereocenters. The molecular weight excluding hydrogens is 326 g/mol. The van der Waals surface area contributed by atoms with Gasteiger partial charge in [-0.3, -0.25) is 15.1 Å². The number of hydrogen-bond acceptors (Lipinski definition) is 5. The third kappa shape index (κ3) is 2.82. The number of fused-ring (bicyclic) bond motifs is 3. The summed E-state index contributed by atoms with van der Waals surface area (Å²) >= 11 is 0. The minimum absolute atomic E-state index is 0.0617. The standard InChI is InChI=1S/C20H27N5O/c26-18-12-17(14-8-10-21-11-9-14)25-20(23-18)15-6-7-16(22-19(15)24-25)13-4-2-1-3-5-13/h1-5,12,14-16,19-22,24H,6-11H2,(H,23,26). The second kappa shape index (κ2) is 6.68. The summed E-state index contributed by atoms with van der Waals surface area (Å²) in [6.07, 6.45) is 6.46. The lowest BCUT2D eigenvalue weighted by atomic mass is 9.86. The van der Waals surface area contributed by atoms with E-state index in [1.54, 1.807) is 0 Å². The SMILES string of the molecule is O=C1C=C(C2CCNCC2)N2NC3NC(c4ccccc4)CCC3C2N1. The van der Waals surface area contributed by atoms with Crippen LogP contribution in [-0.4, -0.2) is 36.3 Å². The molecule has 4 unspecified atom stereocenters. The lowest BCUT2D eigenvalue weighted by Gasteiger charge is -2.39. The number of nitrogens with one attached hydrogen (secondary N) is 4. The number of benzene rings is 1. The van der Waals surface area contributed by atoms with Crippen LogP contribution in [0.2, 0.25) is 0 Å². The van der Waals surface area contributed by atoms with Crippen molar-refractivity contribution in [2.75, 3.05) is 13.1 Å². The number of carbonyl (C=O) groups excluding carboxylic acids is 1. The van der Waals surface area contributed by atoms with Gasteiger partial charge in [0.25, 0.3) is 0 Å². The number of hydrazine groups is 1. The first kappa shape index (κ1) is 16.3. The van der Waals surface area contributed by atoms with E-state index in [0.29, 0.717) is 17.9 Å². The monoisotopic (exact) mass is 353 g/mol. The predicted octanol–water partition coefficient (Wildman–Crippen LogP) is 1.21. The summed E-state index contributed by atoms with van der Waals surface area (Å²) in [5.41, 5.74) is 6.20. The van der Waals surface area contributed by atoms with Gasteiger partial charge in [-0.2, -0.15) is 0 Å². The molecule has 1 aromatic rings. The maximum Gasteiger partial charge on any atom is 0.247 e. The van der Waals surface area contributed by atoms with Gasteiger partial charge in [0, 0.05) is 29.7 Å². The summed E-state index contributed by atoms with van der Waals surface area (Å²) in [5, 5.41) is 12.7. The Labute approximate surface area is 154 Å². The van der Waals surface area contributed by atoms with Gasteiger partial charge in [-0.05, 0) is 44.3 Å². The third-order valence-electron chi connectivity index (χ3n) is 6.37. The zero-order valence-electron chi connectivity index (χ0n) is 14.9. The van der Waals surface area contributed by atoms with Crippen molar-refractivity contribution >= 4 is 5.91 Å². The molecule has 1 amide bonds. The van der Waals surface area contributed by atoms with Gasteiger partial charge in [0.1, 0.15) is 6.17 Å². The number of amides is 1. The van der Waals surface area contributed by atoms with Crippen LogP contribution < -0.4 is 21.4 Å². The van der Waals surface area contributed by atoms with E-state index >= 15 is 0 Å². The Balaban J connectivity index is 1.36. The van der Waals surface area contributed by atoms with E-state index in [-0.39, 0.29) is 18.2 Å². The van der Waals surface area contributed by atoms with Crippen LogP contribution in [0.25, 0.3) is 0 Å². The number of nitrogens with zero attached hydrogens (tertiary/aromatic N) is 1. The molecule has 3 fully saturated rings. The molecule has 0 saturated carbocycles.